The number of hydrogen-bond acceptors (Lipinski definition) is 3. The van der Waals surface area contributed by atoms with Crippen molar-refractivity contribution in [1.29, 1.82) is 0 Å². The van der Waals surface area contributed by atoms with Gasteiger partial charge in [0.15, 0.2) is 0 Å². The Labute approximate surface area is 77.6 Å². The maximum absolute atomic E-state index is 9.24. The van der Waals surface area contributed by atoms with Crippen LogP contribution in [-0.2, 0) is 0 Å². The van der Waals surface area contributed by atoms with E-state index in [9.17, 15) is 5.11 Å². The van der Waals surface area contributed by atoms with Crippen molar-refractivity contribution in [2.45, 2.75) is 18.9 Å². The molecular weight excluding hydrogens is 164 g/mol. The molecule has 1 aliphatic heterocycles. The van der Waals surface area contributed by atoms with Crippen LogP contribution in [0.4, 0.5) is 5.69 Å². The average molecular weight is 178 g/mol. The second-order valence-corrected chi connectivity index (χ2v) is 3.47. The Morgan fingerprint density at radius 3 is 2.92 bits per heavy atom. The first kappa shape index (κ1) is 8.38. The SMILES string of the molecule is Nc1cc([C@H]2CCCN2)ccc1O. The zero-order valence-corrected chi connectivity index (χ0v) is 7.46. The molecule has 0 radical (unpaired) electrons. The lowest BCUT2D eigenvalue weighted by atomic mass is 10.0. The molecule has 3 nitrogen and oxygen atoms in total. The minimum Gasteiger partial charge on any atom is -0.506 e. The Kier molecular flexibility index (Phi) is 2.10. The van der Waals surface area contributed by atoms with Gasteiger partial charge in [0.25, 0.3) is 0 Å². The van der Waals surface area contributed by atoms with Gasteiger partial charge in [-0.05, 0) is 37.1 Å². The normalized spacial score (nSPS) is 22.0. The van der Waals surface area contributed by atoms with Crippen molar-refractivity contribution >= 4 is 5.69 Å². The first-order valence-electron chi connectivity index (χ1n) is 4.59. The second kappa shape index (κ2) is 3.26. The Balaban J connectivity index is 2.25. The zero-order chi connectivity index (χ0) is 9.26. The first-order chi connectivity index (χ1) is 6.27. The molecule has 1 heterocycles. The molecule has 1 aliphatic rings. The van der Waals surface area contributed by atoms with Crippen LogP contribution in [0.25, 0.3) is 0 Å². The lowest BCUT2D eigenvalue weighted by Crippen LogP contribution is -2.12. The minimum atomic E-state index is 0.168. The Morgan fingerprint density at radius 1 is 1.46 bits per heavy atom. The largest absolute Gasteiger partial charge is 0.506 e. The number of nitrogens with one attached hydrogen (secondary N) is 1. The summed E-state index contributed by atoms with van der Waals surface area (Å²) in [5.41, 5.74) is 7.25. The summed E-state index contributed by atoms with van der Waals surface area (Å²) >= 11 is 0. The van der Waals surface area contributed by atoms with Crippen molar-refractivity contribution in [2.75, 3.05) is 12.3 Å². The quantitative estimate of drug-likeness (QED) is 0.450. The molecule has 4 N–H and O–H groups in total. The standard InChI is InChI=1S/C10H14N2O/c11-8-6-7(3-4-10(8)13)9-2-1-5-12-9/h3-4,6,9,12-13H,1-2,5,11H2/t9-/m1/s1. The molecule has 0 aromatic heterocycles. The summed E-state index contributed by atoms with van der Waals surface area (Å²) in [6.45, 7) is 1.07. The number of rotatable bonds is 1. The van der Waals surface area contributed by atoms with Crippen molar-refractivity contribution in [1.82, 2.24) is 5.32 Å². The van der Waals surface area contributed by atoms with Gasteiger partial charge in [-0.2, -0.15) is 0 Å². The molecule has 13 heavy (non-hydrogen) atoms. The predicted molar refractivity (Wildman–Crippen MR) is 52.5 cm³/mol. The van der Waals surface area contributed by atoms with Gasteiger partial charge in [-0.1, -0.05) is 6.07 Å². The summed E-state index contributed by atoms with van der Waals surface area (Å²) in [5, 5.41) is 12.6. The van der Waals surface area contributed by atoms with E-state index in [1.165, 1.54) is 12.0 Å². The molecule has 0 aliphatic carbocycles. The minimum absolute atomic E-state index is 0.168. The highest BCUT2D eigenvalue weighted by Gasteiger charge is 2.16. The lowest BCUT2D eigenvalue weighted by Gasteiger charge is -2.11. The number of phenolic OH excluding ortho intramolecular Hbond substituents is 1. The molecule has 1 fully saturated rings. The molecule has 0 unspecified atom stereocenters. The van der Waals surface area contributed by atoms with Crippen LogP contribution < -0.4 is 11.1 Å². The molecule has 1 aromatic carbocycles. The van der Waals surface area contributed by atoms with Crippen molar-refractivity contribution in [3.8, 4) is 5.75 Å². The smallest absolute Gasteiger partial charge is 0.138 e. The molecule has 2 rings (SSSR count). The predicted octanol–water partition coefficient (Wildman–Crippen LogP) is 1.40. The third-order valence-electron chi connectivity index (χ3n) is 2.51. The fourth-order valence-corrected chi connectivity index (χ4v) is 1.76. The number of aromatic hydroxyl groups is 1. The average Bonchev–Trinajstić information content (AvgIpc) is 2.62. The van der Waals surface area contributed by atoms with Crippen LogP contribution in [0.15, 0.2) is 18.2 Å². The molecule has 0 bridgehead atoms. The van der Waals surface area contributed by atoms with E-state index >= 15 is 0 Å². The van der Waals surface area contributed by atoms with Crippen molar-refractivity contribution in [3.63, 3.8) is 0 Å². The summed E-state index contributed by atoms with van der Waals surface area (Å²) in [6, 6.07) is 5.85. The fourth-order valence-electron chi connectivity index (χ4n) is 1.76. The molecule has 1 atom stereocenters. The van der Waals surface area contributed by atoms with E-state index in [4.69, 9.17) is 5.73 Å². The highest BCUT2D eigenvalue weighted by atomic mass is 16.3. The molecule has 1 aromatic rings. The Morgan fingerprint density at radius 2 is 2.31 bits per heavy atom. The fraction of sp³-hybridized carbons (Fsp3) is 0.400. The maximum atomic E-state index is 9.24. The molecule has 0 saturated carbocycles. The van der Waals surface area contributed by atoms with E-state index in [0.717, 1.165) is 13.0 Å². The van der Waals surface area contributed by atoms with Gasteiger partial charge < -0.3 is 16.2 Å². The van der Waals surface area contributed by atoms with Gasteiger partial charge in [0.05, 0.1) is 5.69 Å². The molecule has 0 spiro atoms. The van der Waals surface area contributed by atoms with Crippen molar-refractivity contribution in [2.24, 2.45) is 0 Å². The molecule has 0 amide bonds. The number of benzene rings is 1. The van der Waals surface area contributed by atoms with E-state index in [0.29, 0.717) is 11.7 Å². The van der Waals surface area contributed by atoms with Gasteiger partial charge >= 0.3 is 0 Å². The first-order valence-corrected chi connectivity index (χ1v) is 4.59. The van der Waals surface area contributed by atoms with Gasteiger partial charge in [0.2, 0.25) is 0 Å². The van der Waals surface area contributed by atoms with E-state index in [1.54, 1.807) is 6.07 Å². The summed E-state index contributed by atoms with van der Waals surface area (Å²) in [4.78, 5) is 0. The number of nitrogens with two attached hydrogens (primary N) is 1. The highest BCUT2D eigenvalue weighted by molar-refractivity contribution is 5.53. The second-order valence-electron chi connectivity index (χ2n) is 3.47. The van der Waals surface area contributed by atoms with Crippen molar-refractivity contribution in [3.05, 3.63) is 23.8 Å². The number of phenols is 1. The van der Waals surface area contributed by atoms with E-state index in [-0.39, 0.29) is 5.75 Å². The number of hydrogen-bond donors (Lipinski definition) is 3. The summed E-state index contributed by atoms with van der Waals surface area (Å²) in [6.07, 6.45) is 2.37. The van der Waals surface area contributed by atoms with E-state index < -0.39 is 0 Å². The summed E-state index contributed by atoms with van der Waals surface area (Å²) < 4.78 is 0. The van der Waals surface area contributed by atoms with Gasteiger partial charge in [0, 0.05) is 6.04 Å². The summed E-state index contributed by atoms with van der Waals surface area (Å²) in [7, 11) is 0. The number of nitrogen functional groups attached to an aromatic ring is 1. The van der Waals surface area contributed by atoms with Crippen LogP contribution in [0.5, 0.6) is 5.75 Å². The van der Waals surface area contributed by atoms with Crippen LogP contribution in [0.1, 0.15) is 24.4 Å². The van der Waals surface area contributed by atoms with E-state index in [2.05, 4.69) is 5.32 Å². The van der Waals surface area contributed by atoms with Crippen molar-refractivity contribution < 1.29 is 5.11 Å². The van der Waals surface area contributed by atoms with Crippen LogP contribution >= 0.6 is 0 Å². The van der Waals surface area contributed by atoms with Gasteiger partial charge in [-0.3, -0.25) is 0 Å². The van der Waals surface area contributed by atoms with Gasteiger partial charge in [-0.15, -0.1) is 0 Å². The molecule has 3 heteroatoms. The zero-order valence-electron chi connectivity index (χ0n) is 7.46. The van der Waals surface area contributed by atoms with Gasteiger partial charge in [-0.25, -0.2) is 0 Å². The molecule has 70 valence electrons. The maximum Gasteiger partial charge on any atom is 0.138 e. The van der Waals surface area contributed by atoms with Crippen LogP contribution in [0.2, 0.25) is 0 Å². The third-order valence-corrected chi connectivity index (χ3v) is 2.51. The lowest BCUT2D eigenvalue weighted by molar-refractivity contribution is 0.477. The Hall–Kier alpha value is -1.22. The molecular formula is C10H14N2O. The van der Waals surface area contributed by atoms with Crippen LogP contribution in [0, 0.1) is 0 Å². The van der Waals surface area contributed by atoms with Gasteiger partial charge in [0.1, 0.15) is 5.75 Å². The molecule has 1 saturated heterocycles. The summed E-state index contributed by atoms with van der Waals surface area (Å²) in [5.74, 6) is 0.168. The van der Waals surface area contributed by atoms with Crippen LogP contribution in [0.3, 0.4) is 0 Å². The topological polar surface area (TPSA) is 58.3 Å². The number of anilines is 1. The van der Waals surface area contributed by atoms with E-state index in [1.807, 2.05) is 12.1 Å². The van der Waals surface area contributed by atoms with Crippen LogP contribution in [-0.4, -0.2) is 11.7 Å². The highest BCUT2D eigenvalue weighted by Crippen LogP contribution is 2.28. The monoisotopic (exact) mass is 178 g/mol. The Bertz CT molecular complexity index is 306. The third kappa shape index (κ3) is 1.60.